The highest BCUT2D eigenvalue weighted by Crippen LogP contribution is 2.36. The highest BCUT2D eigenvalue weighted by molar-refractivity contribution is 6.34. The first-order valence-electron chi connectivity index (χ1n) is 9.57. The van der Waals surface area contributed by atoms with Crippen LogP contribution in [0.5, 0.6) is 0 Å². The molecule has 2 N–H and O–H groups in total. The van der Waals surface area contributed by atoms with Gasteiger partial charge in [0.05, 0.1) is 10.7 Å². The van der Waals surface area contributed by atoms with E-state index in [4.69, 9.17) is 16.3 Å². The molecule has 1 saturated carbocycles. The Labute approximate surface area is 172 Å². The van der Waals surface area contributed by atoms with E-state index in [0.29, 0.717) is 28.9 Å². The highest BCUT2D eigenvalue weighted by atomic mass is 35.5. The van der Waals surface area contributed by atoms with Crippen molar-refractivity contribution in [2.24, 2.45) is 11.3 Å². The van der Waals surface area contributed by atoms with Gasteiger partial charge in [0, 0.05) is 12.2 Å². The molecular formula is C21H31ClN2O4. The molecule has 0 spiro atoms. The predicted octanol–water partition coefficient (Wildman–Crippen LogP) is 5.40. The number of nitrogens with one attached hydrogen (secondary N) is 1. The summed E-state index contributed by atoms with van der Waals surface area (Å²) < 4.78 is 5.54. The van der Waals surface area contributed by atoms with Crippen LogP contribution >= 0.6 is 11.6 Å². The Hall–Kier alpha value is -1.95. The van der Waals surface area contributed by atoms with Crippen LogP contribution in [0, 0.1) is 11.3 Å². The number of hydrogen-bond donors (Lipinski definition) is 2. The number of hydrogen-bond acceptors (Lipinski definition) is 4. The smallest absolute Gasteiger partial charge is 0.414 e. The molecule has 2 rings (SSSR count). The first-order valence-corrected chi connectivity index (χ1v) is 9.95. The van der Waals surface area contributed by atoms with Crippen LogP contribution < -0.4 is 10.2 Å². The molecule has 1 aromatic rings. The van der Waals surface area contributed by atoms with Gasteiger partial charge in [-0.25, -0.2) is 9.59 Å². The molecule has 1 fully saturated rings. The summed E-state index contributed by atoms with van der Waals surface area (Å²) in [6, 6.07) is 4.36. The monoisotopic (exact) mass is 410 g/mol. The van der Waals surface area contributed by atoms with Crippen molar-refractivity contribution in [1.82, 2.24) is 0 Å². The van der Waals surface area contributed by atoms with E-state index in [1.807, 2.05) is 41.5 Å². The molecule has 0 bridgehead atoms. The summed E-state index contributed by atoms with van der Waals surface area (Å²) in [4.78, 5) is 25.9. The zero-order valence-electron chi connectivity index (χ0n) is 17.5. The van der Waals surface area contributed by atoms with Gasteiger partial charge in [-0.05, 0) is 63.1 Å². The number of rotatable bonds is 6. The van der Waals surface area contributed by atoms with Crippen LogP contribution in [0.2, 0.25) is 5.02 Å². The summed E-state index contributed by atoms with van der Waals surface area (Å²) in [6.07, 6.45) is 1.74. The number of halogens is 1. The fraction of sp³-hybridized carbons (Fsp3) is 0.619. The number of carboxylic acid groups (broad SMARTS) is 1. The Morgan fingerprint density at radius 2 is 1.86 bits per heavy atom. The number of carboxylic acids is 1. The Kier molecular flexibility index (Phi) is 6.54. The fourth-order valence-corrected chi connectivity index (χ4v) is 3.06. The molecule has 28 heavy (non-hydrogen) atoms. The minimum absolute atomic E-state index is 0.370. The molecule has 1 aliphatic carbocycles. The Balaban J connectivity index is 2.26. The van der Waals surface area contributed by atoms with Gasteiger partial charge >= 0.3 is 12.1 Å². The van der Waals surface area contributed by atoms with E-state index in [0.717, 1.165) is 12.8 Å². The van der Waals surface area contributed by atoms with Gasteiger partial charge in [-0.1, -0.05) is 32.4 Å². The molecule has 1 unspecified atom stereocenters. The maximum atomic E-state index is 12.7. The zero-order valence-corrected chi connectivity index (χ0v) is 18.3. The Morgan fingerprint density at radius 3 is 2.29 bits per heavy atom. The first kappa shape index (κ1) is 22.3. The molecule has 0 heterocycles. The molecule has 7 heteroatoms. The van der Waals surface area contributed by atoms with E-state index in [1.165, 1.54) is 0 Å². The number of amides is 1. The molecule has 0 saturated heterocycles. The van der Waals surface area contributed by atoms with Crippen molar-refractivity contribution in [1.29, 1.82) is 0 Å². The highest BCUT2D eigenvalue weighted by Gasteiger charge is 2.33. The number of aliphatic carboxylic acids is 1. The minimum atomic E-state index is -0.934. The number of anilines is 2. The van der Waals surface area contributed by atoms with E-state index in [-0.39, 0.29) is 0 Å². The van der Waals surface area contributed by atoms with Gasteiger partial charge in [-0.2, -0.15) is 0 Å². The number of carbonyl (C=O) groups excluding carboxylic acids is 1. The first-order chi connectivity index (χ1) is 12.8. The molecule has 156 valence electrons. The topological polar surface area (TPSA) is 78.9 Å². The number of carbonyl (C=O) groups is 2. The third-order valence-corrected chi connectivity index (χ3v) is 4.72. The van der Waals surface area contributed by atoms with Gasteiger partial charge in [-0.15, -0.1) is 0 Å². The lowest BCUT2D eigenvalue weighted by atomic mass is 9.86. The third-order valence-electron chi connectivity index (χ3n) is 4.41. The molecule has 6 nitrogen and oxygen atoms in total. The van der Waals surface area contributed by atoms with Crippen LogP contribution in [0.15, 0.2) is 18.2 Å². The summed E-state index contributed by atoms with van der Waals surface area (Å²) >= 11 is 6.48. The molecule has 1 amide bonds. The molecular weight excluding hydrogens is 380 g/mol. The van der Waals surface area contributed by atoms with Crippen molar-refractivity contribution in [2.45, 2.75) is 66.0 Å². The van der Waals surface area contributed by atoms with Crippen molar-refractivity contribution < 1.29 is 19.4 Å². The summed E-state index contributed by atoms with van der Waals surface area (Å²) in [7, 11) is 0. The number of benzene rings is 1. The zero-order chi connectivity index (χ0) is 21.3. The summed E-state index contributed by atoms with van der Waals surface area (Å²) in [5, 5.41) is 12.9. The molecule has 1 atom stereocenters. The van der Waals surface area contributed by atoms with E-state index >= 15 is 0 Å². The molecule has 0 aromatic heterocycles. The van der Waals surface area contributed by atoms with Gasteiger partial charge in [-0.3, -0.25) is 4.90 Å². The van der Waals surface area contributed by atoms with Crippen LogP contribution in [0.4, 0.5) is 16.2 Å². The number of ether oxygens (including phenoxy) is 1. The van der Waals surface area contributed by atoms with Gasteiger partial charge in [0.15, 0.2) is 0 Å². The normalized spacial score (nSPS) is 15.7. The van der Waals surface area contributed by atoms with Crippen LogP contribution in [0.1, 0.15) is 54.4 Å². The van der Waals surface area contributed by atoms with Crippen molar-refractivity contribution in [3.05, 3.63) is 23.2 Å². The van der Waals surface area contributed by atoms with Crippen LogP contribution in [0.25, 0.3) is 0 Å². The van der Waals surface area contributed by atoms with Crippen molar-refractivity contribution in [3.8, 4) is 0 Å². The minimum Gasteiger partial charge on any atom is -0.480 e. The van der Waals surface area contributed by atoms with E-state index in [2.05, 4.69) is 5.32 Å². The lowest BCUT2D eigenvalue weighted by molar-refractivity contribution is -0.140. The van der Waals surface area contributed by atoms with E-state index in [1.54, 1.807) is 23.1 Å². The van der Waals surface area contributed by atoms with Crippen molar-refractivity contribution >= 4 is 35.0 Å². The summed E-state index contributed by atoms with van der Waals surface area (Å²) in [6.45, 7) is 11.6. The standard InChI is InChI=1S/C21H31ClN2O4/c1-20(2,3)17(18(25)26)23-14-9-10-16(15(22)11-14)24(12-13-7-8-13)19(27)28-21(4,5)6/h9-11,13,17,23H,7-8,12H2,1-6H3,(H,25,26). The second-order valence-corrected chi connectivity index (χ2v) is 9.89. The maximum absolute atomic E-state index is 12.7. The second-order valence-electron chi connectivity index (χ2n) is 9.48. The number of nitrogens with zero attached hydrogens (tertiary/aromatic N) is 1. The maximum Gasteiger partial charge on any atom is 0.414 e. The van der Waals surface area contributed by atoms with Crippen LogP contribution in [-0.2, 0) is 9.53 Å². The van der Waals surface area contributed by atoms with Gasteiger partial charge < -0.3 is 15.2 Å². The SMILES string of the molecule is CC(C)(C)OC(=O)N(CC1CC1)c1ccc(NC(C(=O)O)C(C)(C)C)cc1Cl. The van der Waals surface area contributed by atoms with Crippen LogP contribution in [-0.4, -0.2) is 35.4 Å². The molecule has 1 aromatic carbocycles. The molecule has 1 aliphatic rings. The average Bonchev–Trinajstić information content (AvgIpc) is 3.32. The van der Waals surface area contributed by atoms with Gasteiger partial charge in [0.1, 0.15) is 11.6 Å². The van der Waals surface area contributed by atoms with Crippen LogP contribution in [0.3, 0.4) is 0 Å². The quantitative estimate of drug-likeness (QED) is 0.656. The third kappa shape index (κ3) is 6.30. The molecule has 0 aliphatic heterocycles. The van der Waals surface area contributed by atoms with Gasteiger partial charge in [0.25, 0.3) is 0 Å². The average molecular weight is 411 g/mol. The van der Waals surface area contributed by atoms with Gasteiger partial charge in [0.2, 0.25) is 0 Å². The second kappa shape index (κ2) is 8.19. The van der Waals surface area contributed by atoms with Crippen molar-refractivity contribution in [2.75, 3.05) is 16.8 Å². The summed E-state index contributed by atoms with van der Waals surface area (Å²) in [5.74, 6) is -0.476. The predicted molar refractivity (Wildman–Crippen MR) is 112 cm³/mol. The lowest BCUT2D eigenvalue weighted by Gasteiger charge is -2.30. The van der Waals surface area contributed by atoms with Crippen molar-refractivity contribution in [3.63, 3.8) is 0 Å². The summed E-state index contributed by atoms with van der Waals surface area (Å²) in [5.41, 5.74) is 0.0717. The van der Waals surface area contributed by atoms with E-state index in [9.17, 15) is 14.7 Å². The Bertz CT molecular complexity index is 733. The Morgan fingerprint density at radius 1 is 1.25 bits per heavy atom. The largest absolute Gasteiger partial charge is 0.480 e. The van der Waals surface area contributed by atoms with E-state index < -0.39 is 29.1 Å². The fourth-order valence-electron chi connectivity index (χ4n) is 2.78. The molecule has 0 radical (unpaired) electrons. The lowest BCUT2D eigenvalue weighted by Crippen LogP contribution is -2.41.